The van der Waals surface area contributed by atoms with Gasteiger partial charge in [-0.25, -0.2) is 18.1 Å². The maximum Gasteiger partial charge on any atom is 0.243 e. The predicted molar refractivity (Wildman–Crippen MR) is 79.3 cm³/mol. The van der Waals surface area contributed by atoms with Crippen LogP contribution in [0.1, 0.15) is 32.1 Å². The van der Waals surface area contributed by atoms with E-state index in [2.05, 4.69) is 14.7 Å². The number of H-pyrrole nitrogens is 1. The zero-order valence-electron chi connectivity index (χ0n) is 11.6. The standard InChI is InChI=1S/C14H19N3O3S/c18-12-7-3-1-2-6-11(12)17-21(19,20)13-9-16-14-10(13)5-4-8-15-14/h4-5,8-9,11-12,17-18H,1-3,6-7H2,(H,15,16). The van der Waals surface area contributed by atoms with E-state index in [-0.39, 0.29) is 4.90 Å². The predicted octanol–water partition coefficient (Wildman–Crippen LogP) is 1.53. The number of pyridine rings is 1. The molecule has 3 rings (SSSR count). The van der Waals surface area contributed by atoms with Crippen LogP contribution in [0.25, 0.3) is 11.0 Å². The summed E-state index contributed by atoms with van der Waals surface area (Å²) >= 11 is 0. The Balaban J connectivity index is 1.89. The van der Waals surface area contributed by atoms with Crippen LogP contribution in [-0.2, 0) is 10.0 Å². The second-order valence-electron chi connectivity index (χ2n) is 5.49. The number of aliphatic hydroxyl groups is 1. The molecule has 0 bridgehead atoms. The zero-order chi connectivity index (χ0) is 14.9. The van der Waals surface area contributed by atoms with Gasteiger partial charge in [0, 0.05) is 23.8 Å². The van der Waals surface area contributed by atoms with Gasteiger partial charge in [-0.1, -0.05) is 19.3 Å². The molecule has 2 heterocycles. The topological polar surface area (TPSA) is 95.1 Å². The normalized spacial score (nSPS) is 24.0. The van der Waals surface area contributed by atoms with E-state index in [1.807, 2.05) is 0 Å². The van der Waals surface area contributed by atoms with Gasteiger partial charge in [-0.15, -0.1) is 0 Å². The first-order chi connectivity index (χ1) is 10.1. The molecule has 2 unspecified atom stereocenters. The van der Waals surface area contributed by atoms with Crippen molar-refractivity contribution in [2.45, 2.75) is 49.1 Å². The minimum absolute atomic E-state index is 0.182. The molecule has 0 radical (unpaired) electrons. The fourth-order valence-electron chi connectivity index (χ4n) is 2.84. The number of aromatic nitrogens is 2. The van der Waals surface area contributed by atoms with E-state index in [0.29, 0.717) is 23.9 Å². The summed E-state index contributed by atoms with van der Waals surface area (Å²) < 4.78 is 27.8. The lowest BCUT2D eigenvalue weighted by molar-refractivity contribution is 0.130. The first-order valence-corrected chi connectivity index (χ1v) is 8.69. The van der Waals surface area contributed by atoms with Crippen molar-refractivity contribution in [1.82, 2.24) is 14.7 Å². The highest BCUT2D eigenvalue weighted by molar-refractivity contribution is 7.89. The van der Waals surface area contributed by atoms with Gasteiger partial charge in [0.1, 0.15) is 10.5 Å². The molecule has 2 aromatic heterocycles. The molecule has 0 aliphatic heterocycles. The molecule has 1 fully saturated rings. The van der Waals surface area contributed by atoms with Crippen molar-refractivity contribution >= 4 is 21.1 Å². The van der Waals surface area contributed by atoms with Crippen LogP contribution in [-0.4, -0.2) is 35.6 Å². The number of sulfonamides is 1. The fourth-order valence-corrected chi connectivity index (χ4v) is 4.31. The van der Waals surface area contributed by atoms with Crippen LogP contribution >= 0.6 is 0 Å². The van der Waals surface area contributed by atoms with Crippen LogP contribution in [0.4, 0.5) is 0 Å². The summed E-state index contributed by atoms with van der Waals surface area (Å²) in [5, 5.41) is 10.6. The molecule has 0 amide bonds. The summed E-state index contributed by atoms with van der Waals surface area (Å²) in [5.74, 6) is 0. The maximum atomic E-state index is 12.6. The van der Waals surface area contributed by atoms with E-state index in [1.165, 1.54) is 6.20 Å². The molecule has 0 saturated heterocycles. The Kier molecular flexibility index (Phi) is 3.97. The van der Waals surface area contributed by atoms with E-state index >= 15 is 0 Å². The summed E-state index contributed by atoms with van der Waals surface area (Å²) in [6, 6.07) is 3.01. The summed E-state index contributed by atoms with van der Waals surface area (Å²) in [6.45, 7) is 0. The molecule has 3 N–H and O–H groups in total. The number of rotatable bonds is 3. The number of nitrogens with one attached hydrogen (secondary N) is 2. The monoisotopic (exact) mass is 309 g/mol. The van der Waals surface area contributed by atoms with Gasteiger partial charge in [-0.2, -0.15) is 0 Å². The molecule has 1 aliphatic rings. The van der Waals surface area contributed by atoms with E-state index in [4.69, 9.17) is 0 Å². The SMILES string of the molecule is O=S(=O)(NC1CCCCCC1O)c1c[nH]c2ncccc12. The van der Waals surface area contributed by atoms with Gasteiger partial charge in [0.05, 0.1) is 6.10 Å². The third kappa shape index (κ3) is 2.95. The van der Waals surface area contributed by atoms with Crippen LogP contribution in [0.15, 0.2) is 29.4 Å². The summed E-state index contributed by atoms with van der Waals surface area (Å²) in [5.41, 5.74) is 0.541. The smallest absolute Gasteiger partial charge is 0.243 e. The number of nitrogens with zero attached hydrogens (tertiary/aromatic N) is 1. The largest absolute Gasteiger partial charge is 0.391 e. The van der Waals surface area contributed by atoms with Gasteiger partial charge < -0.3 is 10.1 Å². The minimum Gasteiger partial charge on any atom is -0.391 e. The molecule has 0 aromatic carbocycles. The Morgan fingerprint density at radius 2 is 2.10 bits per heavy atom. The van der Waals surface area contributed by atoms with Gasteiger partial charge in [-0.3, -0.25) is 0 Å². The Labute approximate surface area is 123 Å². The lowest BCUT2D eigenvalue weighted by Gasteiger charge is -2.21. The van der Waals surface area contributed by atoms with Crippen molar-refractivity contribution < 1.29 is 13.5 Å². The number of aliphatic hydroxyl groups excluding tert-OH is 1. The first-order valence-electron chi connectivity index (χ1n) is 7.20. The number of hydrogen-bond acceptors (Lipinski definition) is 4. The second kappa shape index (κ2) is 5.75. The number of fused-ring (bicyclic) bond motifs is 1. The molecule has 2 aromatic rings. The molecule has 1 aliphatic carbocycles. The average Bonchev–Trinajstić information content (AvgIpc) is 2.80. The van der Waals surface area contributed by atoms with Crippen molar-refractivity contribution in [3.8, 4) is 0 Å². The van der Waals surface area contributed by atoms with Crippen molar-refractivity contribution in [3.05, 3.63) is 24.5 Å². The zero-order valence-corrected chi connectivity index (χ0v) is 12.4. The van der Waals surface area contributed by atoms with Crippen LogP contribution in [0.5, 0.6) is 0 Å². The quantitative estimate of drug-likeness (QED) is 0.749. The molecule has 2 atom stereocenters. The molecular formula is C14H19N3O3S. The highest BCUT2D eigenvalue weighted by Gasteiger charge is 2.28. The Morgan fingerprint density at radius 1 is 1.29 bits per heavy atom. The van der Waals surface area contributed by atoms with E-state index < -0.39 is 22.2 Å². The van der Waals surface area contributed by atoms with Crippen molar-refractivity contribution in [2.75, 3.05) is 0 Å². The highest BCUT2D eigenvalue weighted by atomic mass is 32.2. The van der Waals surface area contributed by atoms with Gasteiger partial charge in [0.25, 0.3) is 0 Å². The molecule has 7 heteroatoms. The second-order valence-corrected chi connectivity index (χ2v) is 7.17. The lowest BCUT2D eigenvalue weighted by atomic mass is 10.1. The van der Waals surface area contributed by atoms with E-state index in [9.17, 15) is 13.5 Å². The van der Waals surface area contributed by atoms with Gasteiger partial charge in [0.2, 0.25) is 10.0 Å². The van der Waals surface area contributed by atoms with E-state index in [0.717, 1.165) is 19.3 Å². The van der Waals surface area contributed by atoms with Crippen LogP contribution < -0.4 is 4.72 Å². The van der Waals surface area contributed by atoms with E-state index in [1.54, 1.807) is 18.3 Å². The van der Waals surface area contributed by atoms with Crippen molar-refractivity contribution in [2.24, 2.45) is 0 Å². The molecular weight excluding hydrogens is 290 g/mol. The molecule has 6 nitrogen and oxygen atoms in total. The molecule has 21 heavy (non-hydrogen) atoms. The summed E-state index contributed by atoms with van der Waals surface area (Å²) in [4.78, 5) is 7.14. The highest BCUT2D eigenvalue weighted by Crippen LogP contribution is 2.24. The first kappa shape index (κ1) is 14.5. The Morgan fingerprint density at radius 3 is 2.95 bits per heavy atom. The maximum absolute atomic E-state index is 12.6. The lowest BCUT2D eigenvalue weighted by Crippen LogP contribution is -2.42. The Bertz CT molecular complexity index is 726. The van der Waals surface area contributed by atoms with Crippen molar-refractivity contribution in [3.63, 3.8) is 0 Å². The van der Waals surface area contributed by atoms with Gasteiger partial charge in [0.15, 0.2) is 0 Å². The average molecular weight is 309 g/mol. The van der Waals surface area contributed by atoms with Crippen LogP contribution in [0, 0.1) is 0 Å². The Hall–Kier alpha value is -1.44. The van der Waals surface area contributed by atoms with Crippen LogP contribution in [0.2, 0.25) is 0 Å². The van der Waals surface area contributed by atoms with Crippen LogP contribution in [0.3, 0.4) is 0 Å². The molecule has 0 spiro atoms. The number of aromatic amines is 1. The summed E-state index contributed by atoms with van der Waals surface area (Å²) in [7, 11) is -3.67. The molecule has 114 valence electrons. The third-order valence-electron chi connectivity index (χ3n) is 3.99. The van der Waals surface area contributed by atoms with Gasteiger partial charge in [-0.05, 0) is 25.0 Å². The fraction of sp³-hybridized carbons (Fsp3) is 0.500. The molecule has 1 saturated carbocycles. The number of hydrogen-bond donors (Lipinski definition) is 3. The van der Waals surface area contributed by atoms with Crippen molar-refractivity contribution in [1.29, 1.82) is 0 Å². The van der Waals surface area contributed by atoms with Gasteiger partial charge >= 0.3 is 0 Å². The third-order valence-corrected chi connectivity index (χ3v) is 5.52. The minimum atomic E-state index is -3.67. The summed E-state index contributed by atoms with van der Waals surface area (Å²) in [6.07, 6.45) is 6.65.